The first-order valence-electron chi connectivity index (χ1n) is 12.9. The second-order valence-corrected chi connectivity index (χ2v) is 12.6. The molecule has 5 rings (SSSR count). The highest BCUT2D eigenvalue weighted by Crippen LogP contribution is 2.72. The fourth-order valence-electron chi connectivity index (χ4n) is 8.89. The van der Waals surface area contributed by atoms with Gasteiger partial charge in [0, 0.05) is 11.8 Å². The summed E-state index contributed by atoms with van der Waals surface area (Å²) < 4.78 is 6.33. The second kappa shape index (κ2) is 7.06. The maximum Gasteiger partial charge on any atom is 0.118 e. The van der Waals surface area contributed by atoms with Crippen LogP contribution >= 0.6 is 0 Å². The van der Waals surface area contributed by atoms with Gasteiger partial charge in [-0.15, -0.1) is 0 Å². The van der Waals surface area contributed by atoms with E-state index in [0.717, 1.165) is 37.0 Å². The Morgan fingerprint density at radius 2 is 1.80 bits per heavy atom. The fraction of sp³-hybridized carbons (Fsp3) is 0.926. The smallest absolute Gasteiger partial charge is 0.118 e. The Morgan fingerprint density at radius 3 is 2.53 bits per heavy atom. The summed E-state index contributed by atoms with van der Waals surface area (Å²) in [6, 6.07) is 0. The molecule has 3 saturated carbocycles. The van der Waals surface area contributed by atoms with Crippen LogP contribution in [0.2, 0.25) is 0 Å². The van der Waals surface area contributed by atoms with Crippen molar-refractivity contribution in [1.82, 2.24) is 0 Å². The van der Waals surface area contributed by atoms with Crippen LogP contribution in [0.5, 0.6) is 0 Å². The lowest BCUT2D eigenvalue weighted by atomic mass is 9.48. The predicted molar refractivity (Wildman–Crippen MR) is 120 cm³/mol. The molecule has 0 aromatic carbocycles. The zero-order chi connectivity index (χ0) is 21.5. The van der Waals surface area contributed by atoms with Crippen LogP contribution < -0.4 is 0 Å². The summed E-state index contributed by atoms with van der Waals surface area (Å²) in [6.07, 6.45) is 10.8. The van der Waals surface area contributed by atoms with Crippen molar-refractivity contribution in [3.8, 4) is 0 Å². The maximum absolute atomic E-state index is 11.5. The predicted octanol–water partition coefficient (Wildman–Crippen LogP) is 5.63. The minimum Gasteiger partial charge on any atom is -0.393 e. The average Bonchev–Trinajstić information content (AvgIpc) is 3.29. The van der Waals surface area contributed by atoms with Gasteiger partial charge in [-0.2, -0.15) is 0 Å². The number of hydrogen-bond donors (Lipinski definition) is 2. The van der Waals surface area contributed by atoms with Crippen LogP contribution in [-0.2, 0) is 4.74 Å². The van der Waals surface area contributed by atoms with Crippen LogP contribution in [0.25, 0.3) is 0 Å². The number of epoxide rings is 1. The monoisotopic (exact) mass is 416 g/mol. The third-order valence-corrected chi connectivity index (χ3v) is 10.6. The highest BCUT2D eigenvalue weighted by molar-refractivity contribution is 5.43. The largest absolute Gasteiger partial charge is 0.393 e. The van der Waals surface area contributed by atoms with Gasteiger partial charge in [-0.1, -0.05) is 59.5 Å². The standard InChI is InChI=1S/C27H44O3/c1-16(2)7-6-8-17(3)19-9-10-20-22-21(12-13-25(19,20)4)26(5)14-11-18(28)15-27(26)24(30-27)23(22)29/h16-19,21,23-24,28-29H,6-15H2,1-5H3. The molecular formula is C27H44O3. The summed E-state index contributed by atoms with van der Waals surface area (Å²) in [7, 11) is 0. The van der Waals surface area contributed by atoms with Crippen molar-refractivity contribution < 1.29 is 14.9 Å². The third kappa shape index (κ3) is 2.80. The number of fused-ring (bicyclic) bond motifs is 3. The van der Waals surface area contributed by atoms with Gasteiger partial charge < -0.3 is 14.9 Å². The molecule has 3 heteroatoms. The van der Waals surface area contributed by atoms with Crippen LogP contribution in [0.4, 0.5) is 0 Å². The Hall–Kier alpha value is -0.380. The highest BCUT2D eigenvalue weighted by atomic mass is 16.6. The van der Waals surface area contributed by atoms with Crippen molar-refractivity contribution in [1.29, 1.82) is 0 Å². The van der Waals surface area contributed by atoms with E-state index in [9.17, 15) is 10.2 Å². The molecule has 5 aliphatic rings. The van der Waals surface area contributed by atoms with Gasteiger partial charge in [0.05, 0.1) is 6.10 Å². The average molecular weight is 417 g/mol. The summed E-state index contributed by atoms with van der Waals surface area (Å²) in [5.41, 5.74) is 3.08. The van der Waals surface area contributed by atoms with Gasteiger partial charge in [-0.25, -0.2) is 0 Å². The van der Waals surface area contributed by atoms with E-state index in [-0.39, 0.29) is 28.6 Å². The van der Waals surface area contributed by atoms with Gasteiger partial charge in [0.15, 0.2) is 0 Å². The number of hydrogen-bond acceptors (Lipinski definition) is 3. The van der Waals surface area contributed by atoms with Crippen LogP contribution in [0, 0.1) is 34.5 Å². The molecule has 0 radical (unpaired) electrons. The molecule has 1 saturated heterocycles. The molecule has 0 bridgehead atoms. The SMILES string of the molecule is CC(C)CCCC(C)C1CCC2=C3C(O)C4OC45CC(O)CCC5(C)C3CCC21C. The van der Waals surface area contributed by atoms with Crippen molar-refractivity contribution in [3.63, 3.8) is 0 Å². The van der Waals surface area contributed by atoms with Crippen LogP contribution in [-0.4, -0.2) is 34.1 Å². The molecule has 170 valence electrons. The van der Waals surface area contributed by atoms with Gasteiger partial charge in [0.2, 0.25) is 0 Å². The maximum atomic E-state index is 11.5. The van der Waals surface area contributed by atoms with E-state index < -0.39 is 6.10 Å². The van der Waals surface area contributed by atoms with Crippen molar-refractivity contribution in [2.45, 2.75) is 123 Å². The van der Waals surface area contributed by atoms with Crippen LogP contribution in [0.15, 0.2) is 11.1 Å². The first-order valence-corrected chi connectivity index (χ1v) is 12.9. The minimum atomic E-state index is -0.446. The summed E-state index contributed by atoms with van der Waals surface area (Å²) in [5.74, 6) is 2.76. The van der Waals surface area contributed by atoms with Crippen molar-refractivity contribution in [2.75, 3.05) is 0 Å². The molecule has 1 aliphatic heterocycles. The van der Waals surface area contributed by atoms with Crippen molar-refractivity contribution in [2.24, 2.45) is 34.5 Å². The van der Waals surface area contributed by atoms with Gasteiger partial charge in [-0.3, -0.25) is 0 Å². The minimum absolute atomic E-state index is 0.0823. The third-order valence-electron chi connectivity index (χ3n) is 10.6. The molecule has 1 spiro atoms. The topological polar surface area (TPSA) is 53.0 Å². The Kier molecular flexibility index (Phi) is 5.05. The van der Waals surface area contributed by atoms with E-state index in [0.29, 0.717) is 5.92 Å². The molecule has 0 aromatic heterocycles. The number of ether oxygens (including phenoxy) is 1. The second-order valence-electron chi connectivity index (χ2n) is 12.6. The molecule has 4 fully saturated rings. The molecular weight excluding hydrogens is 372 g/mol. The molecule has 4 aliphatic carbocycles. The Bertz CT molecular complexity index is 728. The molecule has 2 N–H and O–H groups in total. The van der Waals surface area contributed by atoms with Gasteiger partial charge in [0.25, 0.3) is 0 Å². The summed E-state index contributed by atoms with van der Waals surface area (Å²) in [5, 5.41) is 21.8. The Labute approximate surface area is 183 Å². The molecule has 3 nitrogen and oxygen atoms in total. The molecule has 9 atom stereocenters. The van der Waals surface area contributed by atoms with Gasteiger partial charge >= 0.3 is 0 Å². The van der Waals surface area contributed by atoms with Crippen molar-refractivity contribution >= 4 is 0 Å². The Morgan fingerprint density at radius 1 is 1.03 bits per heavy atom. The quantitative estimate of drug-likeness (QED) is 0.451. The lowest BCUT2D eigenvalue weighted by Gasteiger charge is -2.56. The van der Waals surface area contributed by atoms with Crippen molar-refractivity contribution in [3.05, 3.63) is 11.1 Å². The van der Waals surface area contributed by atoms with E-state index in [4.69, 9.17) is 4.74 Å². The molecule has 30 heavy (non-hydrogen) atoms. The van der Waals surface area contributed by atoms with E-state index >= 15 is 0 Å². The lowest BCUT2D eigenvalue weighted by molar-refractivity contribution is -0.0516. The van der Waals surface area contributed by atoms with E-state index in [2.05, 4.69) is 34.6 Å². The van der Waals surface area contributed by atoms with Crippen LogP contribution in [0.1, 0.15) is 98.8 Å². The highest BCUT2D eigenvalue weighted by Gasteiger charge is 2.77. The van der Waals surface area contributed by atoms with Crippen LogP contribution in [0.3, 0.4) is 0 Å². The van der Waals surface area contributed by atoms with Gasteiger partial charge in [0.1, 0.15) is 17.8 Å². The number of aliphatic hydroxyl groups is 2. The summed E-state index contributed by atoms with van der Waals surface area (Å²) in [4.78, 5) is 0. The number of allylic oxidation sites excluding steroid dienone is 1. The zero-order valence-electron chi connectivity index (χ0n) is 19.9. The number of aliphatic hydroxyl groups excluding tert-OH is 2. The van der Waals surface area contributed by atoms with Gasteiger partial charge in [-0.05, 0) is 73.2 Å². The molecule has 0 amide bonds. The first-order chi connectivity index (χ1) is 14.1. The summed E-state index contributed by atoms with van der Waals surface area (Å²) >= 11 is 0. The van der Waals surface area contributed by atoms with E-state index in [1.807, 2.05) is 0 Å². The first kappa shape index (κ1) is 21.5. The molecule has 9 unspecified atom stereocenters. The lowest BCUT2D eigenvalue weighted by Crippen LogP contribution is -2.57. The van der Waals surface area contributed by atoms with E-state index in [1.165, 1.54) is 50.5 Å². The normalized spacial score (nSPS) is 50.6. The number of rotatable bonds is 5. The summed E-state index contributed by atoms with van der Waals surface area (Å²) in [6.45, 7) is 12.1. The molecule has 1 heterocycles. The fourth-order valence-corrected chi connectivity index (χ4v) is 8.89. The van der Waals surface area contributed by atoms with E-state index in [1.54, 1.807) is 5.57 Å². The Balaban J connectivity index is 1.44. The molecule has 0 aromatic rings. The zero-order valence-corrected chi connectivity index (χ0v) is 19.9.